The molecule has 0 unspecified atom stereocenters. The molecular formula is C16H19NO3S. The lowest BCUT2D eigenvalue weighted by Crippen LogP contribution is -2.26. The normalized spacial score (nSPS) is 11.5. The van der Waals surface area contributed by atoms with Crippen LogP contribution < -0.4 is 4.72 Å². The topological polar surface area (TPSA) is 66.4 Å². The van der Waals surface area contributed by atoms with Crippen LogP contribution in [0.25, 0.3) is 0 Å². The van der Waals surface area contributed by atoms with E-state index >= 15 is 0 Å². The van der Waals surface area contributed by atoms with Crippen LogP contribution in [0.2, 0.25) is 0 Å². The number of benzene rings is 2. The van der Waals surface area contributed by atoms with Crippen molar-refractivity contribution in [3.8, 4) is 0 Å². The average molecular weight is 305 g/mol. The van der Waals surface area contributed by atoms with Gasteiger partial charge in [0.1, 0.15) is 0 Å². The molecular weight excluding hydrogens is 286 g/mol. The number of sulfonamides is 1. The van der Waals surface area contributed by atoms with Gasteiger partial charge in [-0.15, -0.1) is 0 Å². The Balaban J connectivity index is 1.85. The van der Waals surface area contributed by atoms with Gasteiger partial charge in [-0.2, -0.15) is 0 Å². The van der Waals surface area contributed by atoms with Gasteiger partial charge in [0.15, 0.2) is 0 Å². The zero-order valence-corrected chi connectivity index (χ0v) is 12.5. The molecule has 112 valence electrons. The molecule has 0 aliphatic carbocycles. The van der Waals surface area contributed by atoms with Crippen LogP contribution in [0.3, 0.4) is 0 Å². The molecule has 4 nitrogen and oxygen atoms in total. The predicted octanol–water partition coefficient (Wildman–Crippen LogP) is 1.84. The van der Waals surface area contributed by atoms with Gasteiger partial charge in [0.2, 0.25) is 10.0 Å². The maximum atomic E-state index is 11.9. The van der Waals surface area contributed by atoms with E-state index in [9.17, 15) is 8.42 Å². The summed E-state index contributed by atoms with van der Waals surface area (Å²) < 4.78 is 26.5. The van der Waals surface area contributed by atoms with Gasteiger partial charge in [0.05, 0.1) is 12.4 Å². The Kier molecular flexibility index (Phi) is 5.50. The second kappa shape index (κ2) is 7.36. The summed E-state index contributed by atoms with van der Waals surface area (Å²) in [5, 5.41) is 8.95. The predicted molar refractivity (Wildman–Crippen MR) is 83.1 cm³/mol. The lowest BCUT2D eigenvalue weighted by Gasteiger charge is -2.07. The largest absolute Gasteiger partial charge is 0.392 e. The van der Waals surface area contributed by atoms with Crippen LogP contribution in [0.5, 0.6) is 0 Å². The van der Waals surface area contributed by atoms with Crippen LogP contribution in [0, 0.1) is 0 Å². The highest BCUT2D eigenvalue weighted by Gasteiger charge is 2.10. The Morgan fingerprint density at radius 1 is 0.857 bits per heavy atom. The first-order valence-electron chi connectivity index (χ1n) is 6.79. The number of hydrogen-bond donors (Lipinski definition) is 2. The monoisotopic (exact) mass is 305 g/mol. The third-order valence-corrected chi connectivity index (χ3v) is 4.53. The fourth-order valence-electron chi connectivity index (χ4n) is 1.92. The smallest absolute Gasteiger partial charge is 0.212 e. The molecule has 0 saturated carbocycles. The SMILES string of the molecule is O=S(=O)(CCc1ccccc1)NCc1ccc(CO)cc1. The average Bonchev–Trinajstić information content (AvgIpc) is 2.53. The van der Waals surface area contributed by atoms with Crippen molar-refractivity contribution in [3.63, 3.8) is 0 Å². The molecule has 0 aliphatic heterocycles. The number of nitrogens with one attached hydrogen (secondary N) is 1. The van der Waals surface area contributed by atoms with Gasteiger partial charge in [-0.05, 0) is 23.1 Å². The Morgan fingerprint density at radius 3 is 2.10 bits per heavy atom. The number of aliphatic hydroxyl groups is 1. The summed E-state index contributed by atoms with van der Waals surface area (Å²) in [6.45, 7) is 0.256. The number of hydrogen-bond acceptors (Lipinski definition) is 3. The number of rotatable bonds is 7. The molecule has 0 amide bonds. The van der Waals surface area contributed by atoms with E-state index in [-0.39, 0.29) is 18.9 Å². The zero-order valence-electron chi connectivity index (χ0n) is 11.7. The summed E-state index contributed by atoms with van der Waals surface area (Å²) in [5.41, 5.74) is 2.69. The third kappa shape index (κ3) is 5.30. The molecule has 2 rings (SSSR count). The molecule has 0 radical (unpaired) electrons. The van der Waals surface area contributed by atoms with E-state index in [1.165, 1.54) is 0 Å². The van der Waals surface area contributed by atoms with Gasteiger partial charge < -0.3 is 5.11 Å². The first-order chi connectivity index (χ1) is 10.1. The summed E-state index contributed by atoms with van der Waals surface area (Å²) in [5.74, 6) is 0.0751. The number of aryl methyl sites for hydroxylation is 1. The van der Waals surface area contributed by atoms with Gasteiger partial charge in [-0.25, -0.2) is 13.1 Å². The van der Waals surface area contributed by atoms with E-state index in [0.29, 0.717) is 6.42 Å². The first kappa shape index (κ1) is 15.7. The van der Waals surface area contributed by atoms with E-state index in [1.807, 2.05) is 42.5 Å². The van der Waals surface area contributed by atoms with Gasteiger partial charge in [0, 0.05) is 6.54 Å². The summed E-state index contributed by atoms with van der Waals surface area (Å²) in [6, 6.07) is 16.7. The molecule has 2 aromatic carbocycles. The van der Waals surface area contributed by atoms with Crippen LogP contribution in [0.15, 0.2) is 54.6 Å². The molecule has 21 heavy (non-hydrogen) atoms. The van der Waals surface area contributed by atoms with Gasteiger partial charge in [-0.3, -0.25) is 0 Å². The van der Waals surface area contributed by atoms with Crippen molar-refractivity contribution in [2.45, 2.75) is 19.6 Å². The second-order valence-electron chi connectivity index (χ2n) is 4.85. The van der Waals surface area contributed by atoms with Crippen LogP contribution >= 0.6 is 0 Å². The molecule has 0 spiro atoms. The van der Waals surface area contributed by atoms with E-state index in [0.717, 1.165) is 16.7 Å². The molecule has 0 fully saturated rings. The minimum absolute atomic E-state index is 0.0108. The van der Waals surface area contributed by atoms with Crippen LogP contribution in [-0.4, -0.2) is 19.3 Å². The Bertz CT molecular complexity index is 652. The summed E-state index contributed by atoms with van der Waals surface area (Å²) in [7, 11) is -3.29. The Morgan fingerprint density at radius 2 is 1.48 bits per heavy atom. The maximum absolute atomic E-state index is 11.9. The number of aliphatic hydroxyl groups excluding tert-OH is 1. The van der Waals surface area contributed by atoms with Crippen molar-refractivity contribution in [1.29, 1.82) is 0 Å². The highest BCUT2D eigenvalue weighted by atomic mass is 32.2. The van der Waals surface area contributed by atoms with Gasteiger partial charge in [-0.1, -0.05) is 54.6 Å². The quantitative estimate of drug-likeness (QED) is 0.820. The molecule has 0 heterocycles. The van der Waals surface area contributed by atoms with E-state index in [4.69, 9.17) is 5.11 Å². The van der Waals surface area contributed by atoms with Crippen molar-refractivity contribution >= 4 is 10.0 Å². The molecule has 0 aromatic heterocycles. The van der Waals surface area contributed by atoms with Crippen LogP contribution in [0.4, 0.5) is 0 Å². The van der Waals surface area contributed by atoms with E-state index in [2.05, 4.69) is 4.72 Å². The highest BCUT2D eigenvalue weighted by Crippen LogP contribution is 2.06. The van der Waals surface area contributed by atoms with Crippen molar-refractivity contribution in [3.05, 3.63) is 71.3 Å². The van der Waals surface area contributed by atoms with Gasteiger partial charge in [0.25, 0.3) is 0 Å². The van der Waals surface area contributed by atoms with Crippen molar-refractivity contribution in [2.75, 3.05) is 5.75 Å². The van der Waals surface area contributed by atoms with E-state index in [1.54, 1.807) is 12.1 Å². The molecule has 2 aromatic rings. The standard InChI is InChI=1S/C16H19NO3S/c18-13-16-8-6-15(7-9-16)12-17-21(19,20)11-10-14-4-2-1-3-5-14/h1-9,17-18H,10-13H2. The molecule has 0 bridgehead atoms. The first-order valence-corrected chi connectivity index (χ1v) is 8.44. The lowest BCUT2D eigenvalue weighted by atomic mass is 10.1. The summed E-state index contributed by atoms with van der Waals surface area (Å²) in [6.07, 6.45) is 0.500. The van der Waals surface area contributed by atoms with Crippen LogP contribution in [0.1, 0.15) is 16.7 Å². The minimum atomic E-state index is -3.29. The van der Waals surface area contributed by atoms with Crippen LogP contribution in [-0.2, 0) is 29.6 Å². The van der Waals surface area contributed by atoms with Crippen molar-refractivity contribution in [2.24, 2.45) is 0 Å². The molecule has 0 aliphatic rings. The van der Waals surface area contributed by atoms with Crippen molar-refractivity contribution in [1.82, 2.24) is 4.72 Å². The molecule has 5 heteroatoms. The fourth-order valence-corrected chi connectivity index (χ4v) is 2.96. The minimum Gasteiger partial charge on any atom is -0.392 e. The zero-order chi connectivity index (χ0) is 15.1. The fraction of sp³-hybridized carbons (Fsp3) is 0.250. The highest BCUT2D eigenvalue weighted by molar-refractivity contribution is 7.89. The maximum Gasteiger partial charge on any atom is 0.212 e. The summed E-state index contributed by atoms with van der Waals surface area (Å²) >= 11 is 0. The van der Waals surface area contributed by atoms with E-state index < -0.39 is 10.0 Å². The van der Waals surface area contributed by atoms with Gasteiger partial charge >= 0.3 is 0 Å². The van der Waals surface area contributed by atoms with Crippen molar-refractivity contribution < 1.29 is 13.5 Å². The molecule has 2 N–H and O–H groups in total. The lowest BCUT2D eigenvalue weighted by molar-refractivity contribution is 0.282. The molecule has 0 saturated heterocycles. The third-order valence-electron chi connectivity index (χ3n) is 3.20. The second-order valence-corrected chi connectivity index (χ2v) is 6.78. The molecule has 0 atom stereocenters. The Labute approximate surface area is 125 Å². The summed E-state index contributed by atoms with van der Waals surface area (Å²) in [4.78, 5) is 0. The Hall–Kier alpha value is -1.69.